The van der Waals surface area contributed by atoms with Crippen molar-refractivity contribution < 1.29 is 8.78 Å². The van der Waals surface area contributed by atoms with E-state index in [0.717, 1.165) is 0 Å². The molecule has 1 rings (SSSR count). The second kappa shape index (κ2) is 4.53. The van der Waals surface area contributed by atoms with Crippen LogP contribution in [0.4, 0.5) is 8.78 Å². The molecule has 0 aliphatic carbocycles. The Hall–Kier alpha value is 0.0700. The van der Waals surface area contributed by atoms with Gasteiger partial charge in [-0.1, -0.05) is 39.1 Å². The van der Waals surface area contributed by atoms with Crippen LogP contribution in [0.15, 0.2) is 6.20 Å². The van der Waals surface area contributed by atoms with Gasteiger partial charge in [-0.3, -0.25) is 4.98 Å². The van der Waals surface area contributed by atoms with Crippen molar-refractivity contribution in [3.63, 3.8) is 0 Å². The molecule has 0 radical (unpaired) electrons. The summed E-state index contributed by atoms with van der Waals surface area (Å²) >= 11 is 14.4. The second-order valence-corrected chi connectivity index (χ2v) is 3.56. The van der Waals surface area contributed by atoms with Crippen LogP contribution in [0.1, 0.15) is 17.7 Å². The number of pyridine rings is 1. The Kier molecular flexibility index (Phi) is 3.88. The van der Waals surface area contributed by atoms with Crippen LogP contribution in [0.5, 0.6) is 0 Å². The lowest BCUT2D eigenvalue weighted by molar-refractivity contribution is 0.146. The molecule has 0 saturated carbocycles. The highest BCUT2D eigenvalue weighted by molar-refractivity contribution is 9.08. The van der Waals surface area contributed by atoms with Gasteiger partial charge in [0.15, 0.2) is 0 Å². The fourth-order valence-electron chi connectivity index (χ4n) is 0.795. The number of alkyl halides is 3. The molecule has 0 fully saturated rings. The number of rotatable bonds is 2. The molecule has 72 valence electrons. The van der Waals surface area contributed by atoms with E-state index in [1.165, 1.54) is 6.20 Å². The van der Waals surface area contributed by atoms with Crippen molar-refractivity contribution in [3.05, 3.63) is 27.5 Å². The fourth-order valence-corrected chi connectivity index (χ4v) is 2.26. The molecule has 13 heavy (non-hydrogen) atoms. The van der Waals surface area contributed by atoms with Gasteiger partial charge in [0.2, 0.25) is 0 Å². The molecule has 1 aromatic rings. The summed E-state index contributed by atoms with van der Waals surface area (Å²) in [6.07, 6.45) is -1.51. The van der Waals surface area contributed by atoms with E-state index in [1.54, 1.807) is 0 Å². The van der Waals surface area contributed by atoms with Crippen molar-refractivity contribution in [2.45, 2.75) is 11.8 Å². The maximum atomic E-state index is 12.3. The lowest BCUT2D eigenvalue weighted by atomic mass is 10.2. The molecule has 0 atom stereocenters. The van der Waals surface area contributed by atoms with Crippen molar-refractivity contribution >= 4 is 39.1 Å². The molecule has 0 spiro atoms. The van der Waals surface area contributed by atoms with Crippen LogP contribution in [0.2, 0.25) is 10.0 Å². The van der Waals surface area contributed by atoms with Crippen molar-refractivity contribution in [2.24, 2.45) is 0 Å². The summed E-state index contributed by atoms with van der Waals surface area (Å²) in [4.78, 5) is 3.45. The van der Waals surface area contributed by atoms with Crippen LogP contribution >= 0.6 is 39.1 Å². The highest BCUT2D eigenvalue weighted by Crippen LogP contribution is 2.32. The Morgan fingerprint density at radius 2 is 2.08 bits per heavy atom. The van der Waals surface area contributed by atoms with E-state index in [2.05, 4.69) is 20.9 Å². The number of hydrogen-bond acceptors (Lipinski definition) is 1. The molecule has 0 saturated heterocycles. The zero-order chi connectivity index (χ0) is 10.0. The lowest BCUT2D eigenvalue weighted by Crippen LogP contribution is -1.95. The minimum absolute atomic E-state index is 0.0700. The van der Waals surface area contributed by atoms with Crippen molar-refractivity contribution in [1.29, 1.82) is 0 Å². The molecule has 0 bridgehead atoms. The zero-order valence-electron chi connectivity index (χ0n) is 6.20. The highest BCUT2D eigenvalue weighted by atomic mass is 79.9. The Labute approximate surface area is 92.2 Å². The fraction of sp³-hybridized carbons (Fsp3) is 0.286. The van der Waals surface area contributed by atoms with E-state index in [9.17, 15) is 8.78 Å². The SMILES string of the molecule is FC(F)c1ncc(Cl)c(CBr)c1Cl. The Balaban J connectivity index is 3.27. The van der Waals surface area contributed by atoms with Crippen LogP contribution < -0.4 is 0 Å². The summed E-state index contributed by atoms with van der Waals surface area (Å²) in [5.41, 5.74) is 0.00847. The van der Waals surface area contributed by atoms with Gasteiger partial charge in [-0.2, -0.15) is 0 Å². The van der Waals surface area contributed by atoms with Gasteiger partial charge in [0, 0.05) is 17.1 Å². The third-order valence-electron chi connectivity index (χ3n) is 1.44. The zero-order valence-corrected chi connectivity index (χ0v) is 9.30. The molecule has 0 amide bonds. The number of aromatic nitrogens is 1. The summed E-state index contributed by atoms with van der Waals surface area (Å²) in [6.45, 7) is 0. The smallest absolute Gasteiger partial charge is 0.252 e. The minimum Gasteiger partial charge on any atom is -0.252 e. The Bertz CT molecular complexity index is 320. The Morgan fingerprint density at radius 3 is 2.54 bits per heavy atom. The Morgan fingerprint density at radius 1 is 1.46 bits per heavy atom. The normalized spacial score (nSPS) is 10.9. The molecule has 0 unspecified atom stereocenters. The third-order valence-corrected chi connectivity index (χ3v) is 2.74. The first-order valence-corrected chi connectivity index (χ1v) is 5.12. The maximum absolute atomic E-state index is 12.3. The van der Waals surface area contributed by atoms with Crippen LogP contribution in [0.25, 0.3) is 0 Å². The van der Waals surface area contributed by atoms with Crippen LogP contribution in [0, 0.1) is 0 Å². The van der Waals surface area contributed by atoms with E-state index < -0.39 is 12.1 Å². The van der Waals surface area contributed by atoms with Crippen molar-refractivity contribution in [1.82, 2.24) is 4.98 Å². The van der Waals surface area contributed by atoms with E-state index in [4.69, 9.17) is 23.2 Å². The second-order valence-electron chi connectivity index (χ2n) is 2.22. The molecular weight excluding hydrogens is 287 g/mol. The molecule has 0 aliphatic rings. The topological polar surface area (TPSA) is 12.9 Å². The highest BCUT2D eigenvalue weighted by Gasteiger charge is 2.18. The van der Waals surface area contributed by atoms with Crippen LogP contribution in [0.3, 0.4) is 0 Å². The van der Waals surface area contributed by atoms with E-state index in [-0.39, 0.29) is 10.0 Å². The van der Waals surface area contributed by atoms with Gasteiger partial charge >= 0.3 is 0 Å². The van der Waals surface area contributed by atoms with Crippen LogP contribution in [-0.2, 0) is 5.33 Å². The molecule has 1 heterocycles. The van der Waals surface area contributed by atoms with Crippen molar-refractivity contribution in [2.75, 3.05) is 0 Å². The largest absolute Gasteiger partial charge is 0.281 e. The molecule has 6 heteroatoms. The standard InChI is InChI=1S/C7H4BrCl2F2N/c8-1-3-4(9)2-13-6(5(3)10)7(11)12/h2,7H,1H2. The van der Waals surface area contributed by atoms with Gasteiger partial charge in [-0.15, -0.1) is 0 Å². The number of halogens is 5. The maximum Gasteiger partial charge on any atom is 0.281 e. The summed E-state index contributed by atoms with van der Waals surface area (Å²) in [6, 6.07) is 0. The van der Waals surface area contributed by atoms with Gasteiger partial charge in [0.1, 0.15) is 5.69 Å². The molecule has 0 N–H and O–H groups in total. The molecule has 1 aromatic heterocycles. The molecule has 0 aliphatic heterocycles. The lowest BCUT2D eigenvalue weighted by Gasteiger charge is -2.07. The summed E-state index contributed by atoms with van der Waals surface area (Å²) in [5, 5.41) is 0.540. The number of hydrogen-bond donors (Lipinski definition) is 0. The van der Waals surface area contributed by atoms with E-state index >= 15 is 0 Å². The van der Waals surface area contributed by atoms with Gasteiger partial charge < -0.3 is 0 Å². The van der Waals surface area contributed by atoms with Crippen molar-refractivity contribution in [3.8, 4) is 0 Å². The minimum atomic E-state index is -2.68. The first kappa shape index (κ1) is 11.1. The predicted octanol–water partition coefficient (Wildman–Crippen LogP) is 4.22. The van der Waals surface area contributed by atoms with Gasteiger partial charge in [-0.25, -0.2) is 8.78 Å². The van der Waals surface area contributed by atoms with Gasteiger partial charge in [-0.05, 0) is 0 Å². The van der Waals surface area contributed by atoms with Gasteiger partial charge in [0.05, 0.1) is 10.0 Å². The molecule has 0 aromatic carbocycles. The number of nitrogens with zero attached hydrogens (tertiary/aromatic N) is 1. The summed E-state index contributed by atoms with van der Waals surface area (Å²) in [5.74, 6) is 0. The quantitative estimate of drug-likeness (QED) is 0.743. The molecular formula is C7H4BrCl2F2N. The van der Waals surface area contributed by atoms with Gasteiger partial charge in [0.25, 0.3) is 6.43 Å². The average molecular weight is 291 g/mol. The first-order chi connectivity index (χ1) is 6.07. The average Bonchev–Trinajstić information content (AvgIpc) is 2.04. The molecule has 1 nitrogen and oxygen atoms in total. The van der Waals surface area contributed by atoms with E-state index in [0.29, 0.717) is 10.9 Å². The summed E-state index contributed by atoms with van der Waals surface area (Å²) < 4.78 is 24.5. The van der Waals surface area contributed by atoms with Crippen LogP contribution in [-0.4, -0.2) is 4.98 Å². The first-order valence-electron chi connectivity index (χ1n) is 3.24. The third kappa shape index (κ3) is 2.30. The summed E-state index contributed by atoms with van der Waals surface area (Å²) in [7, 11) is 0. The van der Waals surface area contributed by atoms with E-state index in [1.807, 2.05) is 0 Å². The predicted molar refractivity (Wildman–Crippen MR) is 51.8 cm³/mol. The monoisotopic (exact) mass is 289 g/mol.